The van der Waals surface area contributed by atoms with Crippen molar-refractivity contribution in [3.63, 3.8) is 0 Å². The van der Waals surface area contributed by atoms with E-state index in [-0.39, 0.29) is 10.1 Å². The van der Waals surface area contributed by atoms with Crippen LogP contribution < -0.4 is 0 Å². The second-order valence-electron chi connectivity index (χ2n) is 6.94. The Kier molecular flexibility index (Phi) is 6.17. The van der Waals surface area contributed by atoms with Crippen LogP contribution in [0.1, 0.15) is 36.0 Å². The molecule has 3 aromatic carbocycles. The predicted molar refractivity (Wildman–Crippen MR) is 122 cm³/mol. The average molecular weight is 411 g/mol. The number of halogens is 1. The molecule has 27 heavy (non-hydrogen) atoms. The van der Waals surface area contributed by atoms with Crippen LogP contribution >= 0.6 is 33.2 Å². The molecule has 2 atom stereocenters. The molecule has 4 rings (SSSR count). The monoisotopic (exact) mass is 410 g/mol. The molecule has 3 aromatic rings. The maximum absolute atomic E-state index is 6.61. The molecule has 0 spiro atoms. The van der Waals surface area contributed by atoms with Crippen molar-refractivity contribution in [2.75, 3.05) is 0 Å². The van der Waals surface area contributed by atoms with Crippen molar-refractivity contribution in [3.8, 4) is 0 Å². The zero-order chi connectivity index (χ0) is 18.5. The molecule has 0 bridgehead atoms. The number of hydrogen-bond donors (Lipinski definition) is 0. The summed E-state index contributed by atoms with van der Waals surface area (Å²) in [4.78, 5) is 0. The van der Waals surface area contributed by atoms with Crippen LogP contribution in [0.2, 0.25) is 0 Å². The molecule has 1 fully saturated rings. The molecular formula is C24H23ClS2. The number of rotatable bonds is 6. The molecular weight excluding hydrogens is 388 g/mol. The molecule has 0 saturated heterocycles. The Morgan fingerprint density at radius 2 is 1.11 bits per heavy atom. The molecule has 0 N–H and O–H groups in total. The van der Waals surface area contributed by atoms with Crippen LogP contribution in [0.25, 0.3) is 0 Å². The van der Waals surface area contributed by atoms with Crippen molar-refractivity contribution in [2.24, 2.45) is 0 Å². The lowest BCUT2D eigenvalue weighted by molar-refractivity contribution is 0.888. The maximum atomic E-state index is 6.61. The molecule has 0 aliphatic heterocycles. The lowest BCUT2D eigenvalue weighted by Crippen LogP contribution is -2.25. The van der Waals surface area contributed by atoms with E-state index >= 15 is 0 Å². The molecule has 0 nitrogen and oxygen atoms in total. The van der Waals surface area contributed by atoms with Gasteiger partial charge in [0, 0.05) is 10.6 Å². The Hall–Kier alpha value is -1.35. The summed E-state index contributed by atoms with van der Waals surface area (Å²) in [5.41, 5.74) is 3.93. The van der Waals surface area contributed by atoms with E-state index in [0.29, 0.717) is 5.25 Å². The van der Waals surface area contributed by atoms with E-state index in [2.05, 4.69) is 91.0 Å². The van der Waals surface area contributed by atoms with E-state index in [0.717, 1.165) is 6.42 Å². The smallest absolute Gasteiger partial charge is 0.101 e. The van der Waals surface area contributed by atoms with Gasteiger partial charge in [0.05, 0.1) is 0 Å². The molecule has 138 valence electrons. The number of benzene rings is 3. The average Bonchev–Trinajstić information content (AvgIpc) is 3.16. The standard InChI is InChI=1S/C24H23ClS2/c25-22-17-10-18-23(22)26-27-24(19-11-4-1-5-12-19,20-13-6-2-7-14-20)21-15-8-3-9-16-21/h1-9,11-16,22-23H,10,17-18H2/t22-,23-/m1/s1. The fourth-order valence-electron chi connectivity index (χ4n) is 3.79. The van der Waals surface area contributed by atoms with Gasteiger partial charge in [-0.1, -0.05) is 119 Å². The minimum atomic E-state index is -0.256. The topological polar surface area (TPSA) is 0 Å². The molecule has 1 saturated carbocycles. The third kappa shape index (κ3) is 3.94. The first kappa shape index (κ1) is 19.0. The minimum absolute atomic E-state index is 0.256. The van der Waals surface area contributed by atoms with Gasteiger partial charge in [0.2, 0.25) is 0 Å². The van der Waals surface area contributed by atoms with E-state index in [4.69, 9.17) is 11.6 Å². The summed E-state index contributed by atoms with van der Waals surface area (Å²) in [6.07, 6.45) is 3.58. The van der Waals surface area contributed by atoms with Crippen molar-refractivity contribution in [3.05, 3.63) is 108 Å². The Morgan fingerprint density at radius 1 is 0.667 bits per heavy atom. The molecule has 0 unspecified atom stereocenters. The fourth-order valence-corrected chi connectivity index (χ4v) is 8.25. The SMILES string of the molecule is Cl[C@@H]1CCC[C@H]1SSC(c1ccccc1)(c1ccccc1)c1ccccc1. The summed E-state index contributed by atoms with van der Waals surface area (Å²) in [5.74, 6) is 0. The summed E-state index contributed by atoms with van der Waals surface area (Å²) in [6.45, 7) is 0. The lowest BCUT2D eigenvalue weighted by Gasteiger charge is -2.35. The lowest BCUT2D eigenvalue weighted by atomic mass is 9.84. The zero-order valence-electron chi connectivity index (χ0n) is 15.1. The van der Waals surface area contributed by atoms with E-state index in [1.54, 1.807) is 0 Å². The van der Waals surface area contributed by atoms with Crippen LogP contribution in [0, 0.1) is 0 Å². The third-order valence-corrected chi connectivity index (χ3v) is 9.53. The van der Waals surface area contributed by atoms with Crippen LogP contribution in [0.3, 0.4) is 0 Å². The highest BCUT2D eigenvalue weighted by Gasteiger charge is 2.39. The third-order valence-electron chi connectivity index (χ3n) is 5.21. The van der Waals surface area contributed by atoms with Crippen molar-refractivity contribution >= 4 is 33.2 Å². The molecule has 3 heteroatoms. The number of alkyl halides is 1. The van der Waals surface area contributed by atoms with Gasteiger partial charge < -0.3 is 0 Å². The summed E-state index contributed by atoms with van der Waals surface area (Å²) in [6, 6.07) is 32.6. The maximum Gasteiger partial charge on any atom is 0.101 e. The zero-order valence-corrected chi connectivity index (χ0v) is 17.5. The van der Waals surface area contributed by atoms with Gasteiger partial charge in [0.1, 0.15) is 4.75 Å². The van der Waals surface area contributed by atoms with Crippen molar-refractivity contribution in [1.29, 1.82) is 0 Å². The summed E-state index contributed by atoms with van der Waals surface area (Å²) >= 11 is 6.61. The highest BCUT2D eigenvalue weighted by molar-refractivity contribution is 8.77. The molecule has 1 aliphatic carbocycles. The molecule has 0 aromatic heterocycles. The van der Waals surface area contributed by atoms with Crippen LogP contribution in [-0.4, -0.2) is 10.6 Å². The Balaban J connectivity index is 1.84. The van der Waals surface area contributed by atoms with Gasteiger partial charge in [0.15, 0.2) is 0 Å². The van der Waals surface area contributed by atoms with Gasteiger partial charge in [-0.05, 0) is 29.5 Å². The van der Waals surface area contributed by atoms with Gasteiger partial charge >= 0.3 is 0 Å². The molecule has 1 aliphatic rings. The van der Waals surface area contributed by atoms with Gasteiger partial charge in [-0.15, -0.1) is 11.6 Å². The van der Waals surface area contributed by atoms with Gasteiger partial charge in [-0.2, -0.15) is 0 Å². The molecule has 0 radical (unpaired) electrons. The van der Waals surface area contributed by atoms with Crippen molar-refractivity contribution in [1.82, 2.24) is 0 Å². The Labute approximate surface area is 175 Å². The second kappa shape index (κ2) is 8.77. The summed E-state index contributed by atoms with van der Waals surface area (Å²) < 4.78 is -0.256. The largest absolute Gasteiger partial charge is 0.122 e. The first-order valence-corrected chi connectivity index (χ1v) is 12.1. The quantitative estimate of drug-likeness (QED) is 0.234. The van der Waals surface area contributed by atoms with E-state index < -0.39 is 0 Å². The van der Waals surface area contributed by atoms with Crippen molar-refractivity contribution in [2.45, 2.75) is 34.6 Å². The van der Waals surface area contributed by atoms with E-state index in [9.17, 15) is 0 Å². The van der Waals surface area contributed by atoms with Crippen LogP contribution in [0.15, 0.2) is 91.0 Å². The molecule has 0 amide bonds. The van der Waals surface area contributed by atoms with Crippen LogP contribution in [0.5, 0.6) is 0 Å². The van der Waals surface area contributed by atoms with Gasteiger partial charge in [0.25, 0.3) is 0 Å². The summed E-state index contributed by atoms with van der Waals surface area (Å²) in [7, 11) is 3.93. The second-order valence-corrected chi connectivity index (χ2v) is 10.2. The van der Waals surface area contributed by atoms with Crippen LogP contribution in [-0.2, 0) is 4.75 Å². The highest BCUT2D eigenvalue weighted by atomic mass is 35.5. The minimum Gasteiger partial charge on any atom is -0.122 e. The van der Waals surface area contributed by atoms with E-state index in [1.165, 1.54) is 29.5 Å². The Morgan fingerprint density at radius 3 is 1.48 bits per heavy atom. The number of hydrogen-bond acceptors (Lipinski definition) is 2. The van der Waals surface area contributed by atoms with Gasteiger partial charge in [-0.25, -0.2) is 0 Å². The van der Waals surface area contributed by atoms with Gasteiger partial charge in [-0.3, -0.25) is 0 Å². The molecule has 0 heterocycles. The van der Waals surface area contributed by atoms with Crippen LogP contribution in [0.4, 0.5) is 0 Å². The normalized spacial score (nSPS) is 19.9. The van der Waals surface area contributed by atoms with E-state index in [1.807, 2.05) is 21.6 Å². The highest BCUT2D eigenvalue weighted by Crippen LogP contribution is 2.56. The fraction of sp³-hybridized carbons (Fsp3) is 0.250. The predicted octanol–water partition coefficient (Wildman–Crippen LogP) is 7.52. The first-order valence-electron chi connectivity index (χ1n) is 9.46. The Bertz CT molecular complexity index is 739. The first-order chi connectivity index (χ1) is 13.3. The summed E-state index contributed by atoms with van der Waals surface area (Å²) in [5, 5.41) is 0.787. The van der Waals surface area contributed by atoms with Crippen molar-refractivity contribution < 1.29 is 0 Å².